The zero-order valence-corrected chi connectivity index (χ0v) is 10.0. The summed E-state index contributed by atoms with van der Waals surface area (Å²) in [6.45, 7) is 1.00. The lowest BCUT2D eigenvalue weighted by Gasteiger charge is -2.33. The number of nitrogens with one attached hydrogen (secondary N) is 1. The van der Waals surface area contributed by atoms with E-state index in [4.69, 9.17) is 4.74 Å². The first-order chi connectivity index (χ1) is 7.40. The Kier molecular flexibility index (Phi) is 4.45. The van der Waals surface area contributed by atoms with E-state index < -0.39 is 0 Å². The van der Waals surface area contributed by atoms with Crippen molar-refractivity contribution in [1.82, 2.24) is 5.32 Å². The van der Waals surface area contributed by atoms with Gasteiger partial charge in [-0.3, -0.25) is 0 Å². The van der Waals surface area contributed by atoms with Crippen molar-refractivity contribution in [2.75, 3.05) is 13.7 Å². The van der Waals surface area contributed by atoms with Crippen LogP contribution >= 0.6 is 0 Å². The molecule has 2 fully saturated rings. The Balaban J connectivity index is 1.58. The summed E-state index contributed by atoms with van der Waals surface area (Å²) in [6.07, 6.45) is 11.5. The third-order valence-corrected chi connectivity index (χ3v) is 4.15. The molecule has 0 aromatic carbocycles. The Bertz CT molecular complexity index is 173. The van der Waals surface area contributed by atoms with E-state index in [1.807, 2.05) is 0 Å². The second-order valence-electron chi connectivity index (χ2n) is 5.15. The van der Waals surface area contributed by atoms with Gasteiger partial charge in [0.25, 0.3) is 0 Å². The number of hydrogen-bond donors (Lipinski definition) is 1. The van der Waals surface area contributed by atoms with E-state index in [1.54, 1.807) is 0 Å². The molecule has 2 aliphatic rings. The predicted octanol–water partition coefficient (Wildman–Crippen LogP) is 2.72. The topological polar surface area (TPSA) is 21.3 Å². The predicted molar refractivity (Wildman–Crippen MR) is 63.0 cm³/mol. The first kappa shape index (κ1) is 11.4. The lowest BCUT2D eigenvalue weighted by atomic mass is 9.78. The lowest BCUT2D eigenvalue weighted by molar-refractivity contribution is 0.0994. The van der Waals surface area contributed by atoms with Gasteiger partial charge in [-0.1, -0.05) is 6.42 Å². The molecule has 0 spiro atoms. The Morgan fingerprint density at radius 2 is 2.13 bits per heavy atom. The maximum atomic E-state index is 5.65. The van der Waals surface area contributed by atoms with Gasteiger partial charge < -0.3 is 10.1 Å². The first-order valence-corrected chi connectivity index (χ1v) is 6.69. The molecule has 1 aliphatic carbocycles. The molecule has 15 heavy (non-hydrogen) atoms. The van der Waals surface area contributed by atoms with E-state index in [0.29, 0.717) is 6.10 Å². The van der Waals surface area contributed by atoms with Crippen molar-refractivity contribution in [2.45, 2.75) is 63.5 Å². The standard InChI is InChI=1S/C13H25NO/c1-14-13(11-5-2-6-11)9-3-7-12-8-4-10-15-12/h11-14H,2-10H2,1H3. The van der Waals surface area contributed by atoms with Crippen LogP contribution in [0.4, 0.5) is 0 Å². The van der Waals surface area contributed by atoms with Crippen LogP contribution in [0.1, 0.15) is 51.4 Å². The fraction of sp³-hybridized carbons (Fsp3) is 1.00. The third kappa shape index (κ3) is 3.18. The maximum Gasteiger partial charge on any atom is 0.0576 e. The van der Waals surface area contributed by atoms with E-state index in [9.17, 15) is 0 Å². The molecule has 88 valence electrons. The summed E-state index contributed by atoms with van der Waals surface area (Å²) < 4.78 is 5.65. The van der Waals surface area contributed by atoms with Gasteiger partial charge in [-0.15, -0.1) is 0 Å². The fourth-order valence-electron chi connectivity index (χ4n) is 2.90. The Labute approximate surface area is 93.8 Å². The Morgan fingerprint density at radius 1 is 1.27 bits per heavy atom. The van der Waals surface area contributed by atoms with Crippen molar-refractivity contribution in [3.05, 3.63) is 0 Å². The molecule has 2 rings (SSSR count). The molecule has 2 atom stereocenters. The highest BCUT2D eigenvalue weighted by Gasteiger charge is 2.26. The van der Waals surface area contributed by atoms with Crippen LogP contribution in [0.25, 0.3) is 0 Å². The monoisotopic (exact) mass is 211 g/mol. The Morgan fingerprint density at radius 3 is 2.67 bits per heavy atom. The Hall–Kier alpha value is -0.0800. The van der Waals surface area contributed by atoms with Crippen molar-refractivity contribution in [2.24, 2.45) is 5.92 Å². The minimum Gasteiger partial charge on any atom is -0.378 e. The third-order valence-electron chi connectivity index (χ3n) is 4.15. The lowest BCUT2D eigenvalue weighted by Crippen LogP contribution is -2.37. The second kappa shape index (κ2) is 5.86. The van der Waals surface area contributed by atoms with Gasteiger partial charge in [0.1, 0.15) is 0 Å². The molecular formula is C13H25NO. The van der Waals surface area contributed by atoms with Gasteiger partial charge in [-0.05, 0) is 57.9 Å². The average Bonchev–Trinajstić information content (AvgIpc) is 2.66. The second-order valence-corrected chi connectivity index (χ2v) is 5.15. The largest absolute Gasteiger partial charge is 0.378 e. The van der Waals surface area contributed by atoms with Crippen LogP contribution in [0.15, 0.2) is 0 Å². The van der Waals surface area contributed by atoms with Gasteiger partial charge >= 0.3 is 0 Å². The zero-order chi connectivity index (χ0) is 10.5. The quantitative estimate of drug-likeness (QED) is 0.729. The SMILES string of the molecule is CNC(CCCC1CCCO1)C1CCC1. The molecule has 0 bridgehead atoms. The molecule has 1 saturated carbocycles. The molecular weight excluding hydrogens is 186 g/mol. The number of hydrogen-bond acceptors (Lipinski definition) is 2. The smallest absolute Gasteiger partial charge is 0.0576 e. The molecule has 2 nitrogen and oxygen atoms in total. The van der Waals surface area contributed by atoms with Crippen LogP contribution in [0.5, 0.6) is 0 Å². The van der Waals surface area contributed by atoms with E-state index >= 15 is 0 Å². The van der Waals surface area contributed by atoms with Gasteiger partial charge in [0.05, 0.1) is 6.10 Å². The van der Waals surface area contributed by atoms with Crippen molar-refractivity contribution < 1.29 is 4.74 Å². The summed E-state index contributed by atoms with van der Waals surface area (Å²) in [6, 6.07) is 0.778. The van der Waals surface area contributed by atoms with E-state index in [1.165, 1.54) is 51.4 Å². The molecule has 1 N–H and O–H groups in total. The van der Waals surface area contributed by atoms with Crippen LogP contribution in [-0.2, 0) is 4.74 Å². The van der Waals surface area contributed by atoms with Crippen molar-refractivity contribution in [1.29, 1.82) is 0 Å². The van der Waals surface area contributed by atoms with Crippen LogP contribution < -0.4 is 5.32 Å². The highest BCUT2D eigenvalue weighted by Crippen LogP contribution is 2.31. The van der Waals surface area contributed by atoms with Crippen LogP contribution in [0.3, 0.4) is 0 Å². The van der Waals surface area contributed by atoms with Gasteiger partial charge in [-0.2, -0.15) is 0 Å². The summed E-state index contributed by atoms with van der Waals surface area (Å²) in [7, 11) is 2.12. The van der Waals surface area contributed by atoms with Gasteiger partial charge in [0.15, 0.2) is 0 Å². The summed E-state index contributed by atoms with van der Waals surface area (Å²) in [5, 5.41) is 3.49. The van der Waals surface area contributed by atoms with Crippen LogP contribution in [0.2, 0.25) is 0 Å². The van der Waals surface area contributed by atoms with Crippen LogP contribution in [-0.4, -0.2) is 25.8 Å². The molecule has 0 aromatic rings. The summed E-state index contributed by atoms with van der Waals surface area (Å²) in [5.41, 5.74) is 0. The fourth-order valence-corrected chi connectivity index (χ4v) is 2.90. The maximum absolute atomic E-state index is 5.65. The normalized spacial score (nSPS) is 29.0. The molecule has 1 aliphatic heterocycles. The molecule has 0 aromatic heterocycles. The van der Waals surface area contributed by atoms with Gasteiger partial charge in [-0.25, -0.2) is 0 Å². The van der Waals surface area contributed by atoms with Gasteiger partial charge in [0.2, 0.25) is 0 Å². The summed E-state index contributed by atoms with van der Waals surface area (Å²) in [5.74, 6) is 0.972. The minimum absolute atomic E-state index is 0.587. The average molecular weight is 211 g/mol. The van der Waals surface area contributed by atoms with Crippen LogP contribution in [0, 0.1) is 5.92 Å². The van der Waals surface area contributed by atoms with Crippen molar-refractivity contribution in [3.8, 4) is 0 Å². The van der Waals surface area contributed by atoms with E-state index in [-0.39, 0.29) is 0 Å². The minimum atomic E-state index is 0.587. The summed E-state index contributed by atoms with van der Waals surface area (Å²) >= 11 is 0. The molecule has 1 heterocycles. The molecule has 0 radical (unpaired) electrons. The highest BCUT2D eigenvalue weighted by molar-refractivity contribution is 4.82. The zero-order valence-electron chi connectivity index (χ0n) is 10.0. The van der Waals surface area contributed by atoms with Crippen molar-refractivity contribution in [3.63, 3.8) is 0 Å². The molecule has 2 heteroatoms. The number of ether oxygens (including phenoxy) is 1. The molecule has 2 unspecified atom stereocenters. The molecule has 0 amide bonds. The van der Waals surface area contributed by atoms with Crippen molar-refractivity contribution >= 4 is 0 Å². The first-order valence-electron chi connectivity index (χ1n) is 6.69. The highest BCUT2D eigenvalue weighted by atomic mass is 16.5. The van der Waals surface area contributed by atoms with E-state index in [0.717, 1.165) is 18.6 Å². The number of rotatable bonds is 6. The summed E-state index contributed by atoms with van der Waals surface area (Å²) in [4.78, 5) is 0. The van der Waals surface area contributed by atoms with E-state index in [2.05, 4.69) is 12.4 Å². The van der Waals surface area contributed by atoms with Gasteiger partial charge in [0, 0.05) is 12.6 Å². The molecule has 1 saturated heterocycles.